The van der Waals surface area contributed by atoms with Crippen LogP contribution in [0.4, 0.5) is 40.7 Å². The Morgan fingerprint density at radius 1 is 1.18 bits per heavy atom. The summed E-state index contributed by atoms with van der Waals surface area (Å²) in [6, 6.07) is 8.80. The van der Waals surface area contributed by atoms with Crippen LogP contribution in [0.3, 0.4) is 0 Å². The number of nitro benzene ring substituents is 1. The highest BCUT2D eigenvalue weighted by molar-refractivity contribution is 5.72. The van der Waals surface area contributed by atoms with E-state index in [1.54, 1.807) is 6.92 Å². The van der Waals surface area contributed by atoms with Gasteiger partial charge >= 0.3 is 6.36 Å². The number of ether oxygens (including phenoxy) is 1. The third kappa shape index (κ3) is 6.49. The van der Waals surface area contributed by atoms with E-state index < -0.39 is 34.6 Å². The highest BCUT2D eigenvalue weighted by Crippen LogP contribution is 2.31. The van der Waals surface area contributed by atoms with Crippen molar-refractivity contribution in [1.29, 1.82) is 0 Å². The fourth-order valence-corrected chi connectivity index (χ4v) is 2.74. The van der Waals surface area contributed by atoms with E-state index in [0.717, 1.165) is 30.3 Å². The molecule has 0 amide bonds. The lowest BCUT2D eigenvalue weighted by molar-refractivity contribution is -0.384. The second kappa shape index (κ2) is 9.65. The van der Waals surface area contributed by atoms with Crippen molar-refractivity contribution in [1.82, 2.24) is 9.97 Å². The molecular formula is C20H17F4N5O4. The van der Waals surface area contributed by atoms with Crippen molar-refractivity contribution in [3.05, 3.63) is 64.5 Å². The molecule has 13 heteroatoms. The van der Waals surface area contributed by atoms with E-state index in [1.807, 2.05) is 0 Å². The van der Waals surface area contributed by atoms with Gasteiger partial charge in [-0.3, -0.25) is 10.1 Å². The summed E-state index contributed by atoms with van der Waals surface area (Å²) in [6.07, 6.45) is -4.89. The fourth-order valence-electron chi connectivity index (χ4n) is 2.74. The Balaban J connectivity index is 2.04. The third-order valence-corrected chi connectivity index (χ3v) is 4.16. The minimum absolute atomic E-state index is 0.0107. The largest absolute Gasteiger partial charge is 0.573 e. The number of benzene rings is 2. The maximum absolute atomic E-state index is 13.5. The Morgan fingerprint density at radius 2 is 1.94 bits per heavy atom. The maximum atomic E-state index is 13.5. The molecule has 33 heavy (non-hydrogen) atoms. The van der Waals surface area contributed by atoms with Crippen molar-refractivity contribution in [2.75, 3.05) is 17.2 Å². The summed E-state index contributed by atoms with van der Waals surface area (Å²) in [5, 5.41) is 26.1. The molecule has 0 saturated heterocycles. The number of aromatic nitrogens is 2. The Morgan fingerprint density at radius 3 is 2.61 bits per heavy atom. The zero-order chi connectivity index (χ0) is 24.2. The molecule has 1 aromatic heterocycles. The first-order valence-electron chi connectivity index (χ1n) is 9.37. The standard InChI is InChI=1S/C20H17F4N5O4/c1-11(10-30)25-19-27-16(12-3-2-4-14(7-12)33-20(22,23)24)9-18(28-19)26-15-6-5-13(21)8-17(15)29(31)32/h2-9,11,30H,10H2,1H3,(H2,25,26,27,28)/t11-/m1/s1. The number of nitrogens with zero attached hydrogens (tertiary/aromatic N) is 3. The van der Waals surface area contributed by atoms with Crippen LogP contribution in [0, 0.1) is 15.9 Å². The summed E-state index contributed by atoms with van der Waals surface area (Å²) in [6.45, 7) is 1.36. The van der Waals surface area contributed by atoms with Crippen LogP contribution in [-0.4, -0.2) is 39.0 Å². The number of nitro groups is 1. The van der Waals surface area contributed by atoms with Crippen LogP contribution >= 0.6 is 0 Å². The van der Waals surface area contributed by atoms with Crippen molar-refractivity contribution in [2.45, 2.75) is 19.3 Å². The molecule has 1 heterocycles. The summed E-state index contributed by atoms with van der Waals surface area (Å²) < 4.78 is 55.1. The van der Waals surface area contributed by atoms with Crippen molar-refractivity contribution in [2.24, 2.45) is 0 Å². The van der Waals surface area contributed by atoms with Crippen LogP contribution in [0.25, 0.3) is 11.3 Å². The summed E-state index contributed by atoms with van der Waals surface area (Å²) >= 11 is 0. The van der Waals surface area contributed by atoms with E-state index in [-0.39, 0.29) is 35.3 Å². The van der Waals surface area contributed by atoms with Crippen LogP contribution < -0.4 is 15.4 Å². The zero-order valence-electron chi connectivity index (χ0n) is 16.9. The smallest absolute Gasteiger partial charge is 0.406 e. The molecule has 0 aliphatic rings. The molecule has 0 fully saturated rings. The molecule has 2 aromatic carbocycles. The molecule has 3 rings (SSSR count). The van der Waals surface area contributed by atoms with E-state index in [1.165, 1.54) is 18.2 Å². The van der Waals surface area contributed by atoms with Gasteiger partial charge in [0.1, 0.15) is 23.1 Å². The Bertz CT molecular complexity index is 1160. The quantitative estimate of drug-likeness (QED) is 0.249. The SMILES string of the molecule is C[C@H](CO)Nc1nc(Nc2ccc(F)cc2[N+](=O)[O-])cc(-c2cccc(OC(F)(F)F)c2)n1. The number of aliphatic hydroxyl groups excluding tert-OH is 1. The molecule has 0 bridgehead atoms. The molecule has 3 N–H and O–H groups in total. The van der Waals surface area contributed by atoms with E-state index in [2.05, 4.69) is 25.3 Å². The lowest BCUT2D eigenvalue weighted by Crippen LogP contribution is -2.21. The van der Waals surface area contributed by atoms with Crippen molar-refractivity contribution < 1.29 is 32.3 Å². The van der Waals surface area contributed by atoms with Crippen LogP contribution in [0.5, 0.6) is 5.75 Å². The molecule has 3 aromatic rings. The molecular weight excluding hydrogens is 450 g/mol. The van der Waals surface area contributed by atoms with Crippen molar-refractivity contribution in [3.63, 3.8) is 0 Å². The van der Waals surface area contributed by atoms with E-state index in [0.29, 0.717) is 0 Å². The molecule has 0 saturated carbocycles. The summed E-state index contributed by atoms with van der Waals surface area (Å²) in [5.74, 6) is -1.26. The summed E-state index contributed by atoms with van der Waals surface area (Å²) in [5.41, 5.74) is -0.233. The Labute approximate surface area is 184 Å². The van der Waals surface area contributed by atoms with Gasteiger partial charge in [-0.15, -0.1) is 13.2 Å². The van der Waals surface area contributed by atoms with Gasteiger partial charge in [0.2, 0.25) is 5.95 Å². The van der Waals surface area contributed by atoms with Gasteiger partial charge < -0.3 is 20.5 Å². The summed E-state index contributed by atoms with van der Waals surface area (Å²) in [7, 11) is 0. The molecule has 1 atom stereocenters. The van der Waals surface area contributed by atoms with Crippen LogP contribution in [0.2, 0.25) is 0 Å². The van der Waals surface area contributed by atoms with Crippen molar-refractivity contribution in [3.8, 4) is 17.0 Å². The molecule has 174 valence electrons. The predicted octanol–water partition coefficient (Wildman–Crippen LogP) is 4.63. The number of rotatable bonds is 8. The van der Waals surface area contributed by atoms with Crippen LogP contribution in [0.1, 0.15) is 6.92 Å². The first-order chi connectivity index (χ1) is 15.5. The molecule has 0 aliphatic heterocycles. The number of anilines is 3. The van der Waals surface area contributed by atoms with E-state index in [4.69, 9.17) is 0 Å². The zero-order valence-corrected chi connectivity index (χ0v) is 16.9. The van der Waals surface area contributed by atoms with E-state index in [9.17, 15) is 32.8 Å². The van der Waals surface area contributed by atoms with Gasteiger partial charge in [-0.25, -0.2) is 9.37 Å². The van der Waals surface area contributed by atoms with Gasteiger partial charge in [-0.2, -0.15) is 4.98 Å². The van der Waals surface area contributed by atoms with Gasteiger partial charge in [0, 0.05) is 17.7 Å². The average Bonchev–Trinajstić information content (AvgIpc) is 2.73. The first-order valence-corrected chi connectivity index (χ1v) is 9.37. The third-order valence-electron chi connectivity index (χ3n) is 4.16. The minimum atomic E-state index is -4.89. The number of halogens is 4. The van der Waals surface area contributed by atoms with Gasteiger partial charge in [-0.05, 0) is 31.2 Å². The normalized spacial score (nSPS) is 12.2. The topological polar surface area (TPSA) is 122 Å². The second-order valence-corrected chi connectivity index (χ2v) is 6.81. The van der Waals surface area contributed by atoms with Gasteiger partial charge in [0.25, 0.3) is 5.69 Å². The van der Waals surface area contributed by atoms with E-state index >= 15 is 0 Å². The Hall–Kier alpha value is -4.00. The number of hydrogen-bond donors (Lipinski definition) is 3. The van der Waals surface area contributed by atoms with Crippen molar-refractivity contribution >= 4 is 23.1 Å². The molecule has 0 unspecified atom stereocenters. The number of alkyl halides is 3. The van der Waals surface area contributed by atoms with Crippen LogP contribution in [0.15, 0.2) is 48.5 Å². The Kier molecular flexibility index (Phi) is 6.92. The monoisotopic (exact) mass is 467 g/mol. The van der Waals surface area contributed by atoms with Crippen LogP contribution in [-0.2, 0) is 0 Å². The predicted molar refractivity (Wildman–Crippen MR) is 111 cm³/mol. The highest BCUT2D eigenvalue weighted by atomic mass is 19.4. The summed E-state index contributed by atoms with van der Waals surface area (Å²) in [4.78, 5) is 18.9. The minimum Gasteiger partial charge on any atom is -0.406 e. The van der Waals surface area contributed by atoms with Gasteiger partial charge in [-0.1, -0.05) is 12.1 Å². The fraction of sp³-hybridized carbons (Fsp3) is 0.200. The average molecular weight is 467 g/mol. The first kappa shape index (κ1) is 23.7. The second-order valence-electron chi connectivity index (χ2n) is 6.81. The molecule has 0 radical (unpaired) electrons. The molecule has 0 spiro atoms. The van der Waals surface area contributed by atoms with Gasteiger partial charge in [0.05, 0.1) is 23.3 Å². The highest BCUT2D eigenvalue weighted by Gasteiger charge is 2.31. The number of hydrogen-bond acceptors (Lipinski definition) is 8. The molecule has 0 aliphatic carbocycles. The number of aliphatic hydroxyl groups is 1. The van der Waals surface area contributed by atoms with Gasteiger partial charge in [0.15, 0.2) is 0 Å². The lowest BCUT2D eigenvalue weighted by Gasteiger charge is -2.15. The number of nitrogens with one attached hydrogen (secondary N) is 2. The lowest BCUT2D eigenvalue weighted by atomic mass is 10.1. The molecule has 9 nitrogen and oxygen atoms in total. The maximum Gasteiger partial charge on any atom is 0.573 e.